The Balaban J connectivity index is 1.64. The van der Waals surface area contributed by atoms with Crippen molar-refractivity contribution in [3.05, 3.63) is 57.7 Å². The van der Waals surface area contributed by atoms with Crippen molar-refractivity contribution in [3.8, 4) is 0 Å². The standard InChI is InChI=1S/C23H25N3O3S/c27-14-17-7-4-12-25(17)22(29)21-20(24-16-5-2-1-3-6-16)18-10-11-19(28)26(23(18)30-21)13-15-8-9-15/h1-3,5-6,10-11,15,17,24,27H,4,7-9,12-14H2/t17-/m1/s1. The smallest absolute Gasteiger partial charge is 0.266 e. The van der Waals surface area contributed by atoms with Gasteiger partial charge in [-0.05, 0) is 49.8 Å². The number of likely N-dealkylation sites (tertiary alicyclic amines) is 1. The van der Waals surface area contributed by atoms with E-state index in [1.807, 2.05) is 41.0 Å². The van der Waals surface area contributed by atoms with Crippen molar-refractivity contribution in [2.75, 3.05) is 18.5 Å². The molecule has 1 aliphatic heterocycles. The number of amides is 1. The maximum absolute atomic E-state index is 13.5. The van der Waals surface area contributed by atoms with Crippen LogP contribution in [0.4, 0.5) is 11.4 Å². The second-order valence-corrected chi connectivity index (χ2v) is 9.22. The van der Waals surface area contributed by atoms with Crippen LogP contribution in [0, 0.1) is 5.92 Å². The van der Waals surface area contributed by atoms with E-state index in [1.54, 1.807) is 11.0 Å². The molecule has 30 heavy (non-hydrogen) atoms. The fourth-order valence-electron chi connectivity index (χ4n) is 4.23. The maximum Gasteiger partial charge on any atom is 0.266 e. The monoisotopic (exact) mass is 423 g/mol. The van der Waals surface area contributed by atoms with Crippen molar-refractivity contribution in [2.24, 2.45) is 5.92 Å². The lowest BCUT2D eigenvalue weighted by molar-refractivity contribution is 0.0683. The first-order valence-electron chi connectivity index (χ1n) is 10.6. The summed E-state index contributed by atoms with van der Waals surface area (Å²) in [6.45, 7) is 1.33. The first-order chi connectivity index (χ1) is 14.7. The van der Waals surface area contributed by atoms with Crippen molar-refractivity contribution in [1.82, 2.24) is 9.47 Å². The second kappa shape index (κ2) is 7.89. The number of aliphatic hydroxyl groups is 1. The van der Waals surface area contributed by atoms with E-state index >= 15 is 0 Å². The molecular weight excluding hydrogens is 398 g/mol. The van der Waals surface area contributed by atoms with Gasteiger partial charge in [0.15, 0.2) is 0 Å². The van der Waals surface area contributed by atoms with E-state index in [0.29, 0.717) is 23.9 Å². The molecule has 1 saturated carbocycles. The molecule has 1 atom stereocenters. The minimum Gasteiger partial charge on any atom is -0.394 e. The van der Waals surface area contributed by atoms with Gasteiger partial charge >= 0.3 is 0 Å². The van der Waals surface area contributed by atoms with E-state index < -0.39 is 0 Å². The van der Waals surface area contributed by atoms with Gasteiger partial charge in [0.2, 0.25) is 0 Å². The average molecular weight is 424 g/mol. The molecule has 1 amide bonds. The molecule has 2 aliphatic rings. The lowest BCUT2D eigenvalue weighted by Crippen LogP contribution is -2.37. The summed E-state index contributed by atoms with van der Waals surface area (Å²) in [5, 5.41) is 14.0. The summed E-state index contributed by atoms with van der Waals surface area (Å²) in [7, 11) is 0. The largest absolute Gasteiger partial charge is 0.394 e. The van der Waals surface area contributed by atoms with Gasteiger partial charge < -0.3 is 15.3 Å². The molecule has 156 valence electrons. The number of pyridine rings is 1. The number of hydrogen-bond donors (Lipinski definition) is 2. The Kier molecular flexibility index (Phi) is 5.08. The Morgan fingerprint density at radius 1 is 1.13 bits per heavy atom. The van der Waals surface area contributed by atoms with Gasteiger partial charge in [0.05, 0.1) is 18.3 Å². The third kappa shape index (κ3) is 3.52. The van der Waals surface area contributed by atoms with Gasteiger partial charge in [-0.2, -0.15) is 0 Å². The number of thiophene rings is 1. The van der Waals surface area contributed by atoms with Crippen LogP contribution < -0.4 is 10.9 Å². The minimum atomic E-state index is -0.138. The highest BCUT2D eigenvalue weighted by molar-refractivity contribution is 7.21. The van der Waals surface area contributed by atoms with Crippen LogP contribution in [0.2, 0.25) is 0 Å². The number of carbonyl (C=O) groups excluding carboxylic acids is 1. The summed E-state index contributed by atoms with van der Waals surface area (Å²) in [5.41, 5.74) is 1.63. The van der Waals surface area contributed by atoms with Crippen molar-refractivity contribution < 1.29 is 9.90 Å². The van der Waals surface area contributed by atoms with Gasteiger partial charge in [-0.3, -0.25) is 14.2 Å². The summed E-state index contributed by atoms with van der Waals surface area (Å²) < 4.78 is 1.83. The molecule has 1 aliphatic carbocycles. The number of nitrogens with one attached hydrogen (secondary N) is 1. The van der Waals surface area contributed by atoms with Gasteiger partial charge in [-0.25, -0.2) is 0 Å². The third-order valence-electron chi connectivity index (χ3n) is 6.05. The van der Waals surface area contributed by atoms with Crippen LogP contribution in [-0.4, -0.2) is 39.7 Å². The summed E-state index contributed by atoms with van der Waals surface area (Å²) >= 11 is 1.39. The molecular formula is C23H25N3O3S. The maximum atomic E-state index is 13.5. The minimum absolute atomic E-state index is 0.0182. The highest BCUT2D eigenvalue weighted by atomic mass is 32.1. The van der Waals surface area contributed by atoms with Crippen LogP contribution in [0.5, 0.6) is 0 Å². The van der Waals surface area contributed by atoms with Crippen LogP contribution in [0.25, 0.3) is 10.2 Å². The van der Waals surface area contributed by atoms with Gasteiger partial charge in [0.25, 0.3) is 11.5 Å². The number of nitrogens with zero attached hydrogens (tertiary/aromatic N) is 2. The molecule has 2 fully saturated rings. The zero-order valence-corrected chi connectivity index (χ0v) is 17.5. The van der Waals surface area contributed by atoms with Gasteiger partial charge in [-0.15, -0.1) is 11.3 Å². The van der Waals surface area contributed by atoms with Crippen LogP contribution in [-0.2, 0) is 6.54 Å². The quantitative estimate of drug-likeness (QED) is 0.632. The van der Waals surface area contributed by atoms with Crippen LogP contribution in [0.15, 0.2) is 47.3 Å². The topological polar surface area (TPSA) is 74.6 Å². The summed E-state index contributed by atoms with van der Waals surface area (Å²) in [4.78, 5) is 29.4. The van der Waals surface area contributed by atoms with Gasteiger partial charge in [0.1, 0.15) is 9.71 Å². The predicted molar refractivity (Wildman–Crippen MR) is 120 cm³/mol. The number of aliphatic hydroxyl groups excluding tert-OH is 1. The summed E-state index contributed by atoms with van der Waals surface area (Å²) in [6.07, 6.45) is 4.03. The zero-order valence-electron chi connectivity index (χ0n) is 16.7. The molecule has 2 N–H and O–H groups in total. The molecule has 0 spiro atoms. The van der Waals surface area contributed by atoms with Crippen LogP contribution >= 0.6 is 11.3 Å². The van der Waals surface area contributed by atoms with Gasteiger partial charge in [-0.1, -0.05) is 18.2 Å². The molecule has 6 nitrogen and oxygen atoms in total. The fourth-order valence-corrected chi connectivity index (χ4v) is 5.44. The normalized spacial score (nSPS) is 18.8. The van der Waals surface area contributed by atoms with Crippen molar-refractivity contribution in [1.29, 1.82) is 0 Å². The molecule has 3 heterocycles. The lowest BCUT2D eigenvalue weighted by atomic mass is 10.2. The lowest BCUT2D eigenvalue weighted by Gasteiger charge is -2.23. The molecule has 7 heteroatoms. The second-order valence-electron chi connectivity index (χ2n) is 8.22. The highest BCUT2D eigenvalue weighted by Crippen LogP contribution is 2.40. The van der Waals surface area contributed by atoms with E-state index in [0.717, 1.165) is 47.3 Å². The van der Waals surface area contributed by atoms with Crippen LogP contribution in [0.1, 0.15) is 35.4 Å². The number of anilines is 2. The number of benzene rings is 1. The molecule has 0 bridgehead atoms. The number of carbonyl (C=O) groups is 1. The zero-order chi connectivity index (χ0) is 20.7. The number of rotatable bonds is 6. The van der Waals surface area contributed by atoms with E-state index in [1.165, 1.54) is 11.3 Å². The van der Waals surface area contributed by atoms with E-state index in [4.69, 9.17) is 0 Å². The molecule has 0 radical (unpaired) electrons. The predicted octanol–water partition coefficient (Wildman–Crippen LogP) is 3.81. The van der Waals surface area contributed by atoms with E-state index in [9.17, 15) is 14.7 Å². The fraction of sp³-hybridized carbons (Fsp3) is 0.391. The molecule has 2 aromatic heterocycles. The van der Waals surface area contributed by atoms with Gasteiger partial charge in [0, 0.05) is 30.2 Å². The Morgan fingerprint density at radius 3 is 2.67 bits per heavy atom. The Morgan fingerprint density at radius 2 is 1.93 bits per heavy atom. The molecule has 5 rings (SSSR count). The number of fused-ring (bicyclic) bond motifs is 1. The third-order valence-corrected chi connectivity index (χ3v) is 7.27. The molecule has 1 aromatic carbocycles. The first kappa shape index (κ1) is 19.3. The molecule has 0 unspecified atom stereocenters. The first-order valence-corrected chi connectivity index (χ1v) is 11.4. The van der Waals surface area contributed by atoms with E-state index in [-0.39, 0.29) is 24.1 Å². The van der Waals surface area contributed by atoms with E-state index in [2.05, 4.69) is 5.32 Å². The highest BCUT2D eigenvalue weighted by Gasteiger charge is 2.33. The Hall–Kier alpha value is -2.64. The summed E-state index contributed by atoms with van der Waals surface area (Å²) in [5.74, 6) is 0.481. The SMILES string of the molecule is O=C(c1sc2c(ccc(=O)n2CC2CC2)c1Nc1ccccc1)N1CCC[C@@H]1CO. The average Bonchev–Trinajstić information content (AvgIpc) is 3.33. The van der Waals surface area contributed by atoms with Crippen molar-refractivity contribution >= 4 is 38.8 Å². The molecule has 1 saturated heterocycles. The number of para-hydroxylation sites is 1. The van der Waals surface area contributed by atoms with Crippen molar-refractivity contribution in [2.45, 2.75) is 38.3 Å². The Labute approximate surface area is 178 Å². The van der Waals surface area contributed by atoms with Crippen LogP contribution in [0.3, 0.4) is 0 Å². The van der Waals surface area contributed by atoms with Crippen molar-refractivity contribution in [3.63, 3.8) is 0 Å². The molecule has 3 aromatic rings. The number of hydrogen-bond acceptors (Lipinski definition) is 5. The summed E-state index contributed by atoms with van der Waals surface area (Å²) in [6, 6.07) is 13.1. The number of aromatic nitrogens is 1. The Bertz CT molecular complexity index is 1130.